The van der Waals surface area contributed by atoms with Crippen LogP contribution in [0.3, 0.4) is 0 Å². The number of methoxy groups -OCH3 is 1. The zero-order chi connectivity index (χ0) is 19.6. The van der Waals surface area contributed by atoms with Crippen molar-refractivity contribution in [3.63, 3.8) is 0 Å². The third-order valence-electron chi connectivity index (χ3n) is 4.15. The van der Waals surface area contributed by atoms with E-state index in [0.29, 0.717) is 28.8 Å². The quantitative estimate of drug-likeness (QED) is 0.431. The maximum Gasteiger partial charge on any atom is 0.248 e. The van der Waals surface area contributed by atoms with E-state index in [0.717, 1.165) is 30.4 Å². The maximum absolute atomic E-state index is 12.2. The van der Waals surface area contributed by atoms with Crippen molar-refractivity contribution in [2.24, 2.45) is 0 Å². The summed E-state index contributed by atoms with van der Waals surface area (Å²) in [7, 11) is 1.61. The second kappa shape index (κ2) is 10.6. The Balaban J connectivity index is 2.01. The van der Waals surface area contributed by atoms with Crippen molar-refractivity contribution in [2.45, 2.75) is 33.1 Å². The van der Waals surface area contributed by atoms with Crippen LogP contribution in [0.1, 0.15) is 37.3 Å². The number of nitrogens with one attached hydrogen (secondary N) is 1. The number of carbonyl (C=O) groups excluding carboxylic acids is 1. The van der Waals surface area contributed by atoms with Crippen molar-refractivity contribution in [3.8, 4) is 11.5 Å². The summed E-state index contributed by atoms with van der Waals surface area (Å²) in [5.41, 5.74) is 2.39. The van der Waals surface area contributed by atoms with Crippen LogP contribution in [0.2, 0.25) is 5.02 Å². The summed E-state index contributed by atoms with van der Waals surface area (Å²) >= 11 is 6.08. The van der Waals surface area contributed by atoms with Crippen LogP contribution in [0.15, 0.2) is 42.5 Å². The minimum atomic E-state index is -0.223. The van der Waals surface area contributed by atoms with Crippen LogP contribution in [0, 0.1) is 6.92 Å². The monoisotopic (exact) mass is 387 g/mol. The SMILES string of the molecule is CCCCCOc1ccc(C=CC(=O)Nc2cccc(Cl)c2C)cc1OC. The first-order chi connectivity index (χ1) is 13.0. The molecular formula is C22H26ClNO3. The summed E-state index contributed by atoms with van der Waals surface area (Å²) in [5.74, 6) is 1.14. The molecule has 0 heterocycles. The fraction of sp³-hybridized carbons (Fsp3) is 0.318. The molecule has 5 heteroatoms. The highest BCUT2D eigenvalue weighted by Gasteiger charge is 2.06. The molecule has 0 unspecified atom stereocenters. The minimum Gasteiger partial charge on any atom is -0.493 e. The average molecular weight is 388 g/mol. The van der Waals surface area contributed by atoms with E-state index in [2.05, 4.69) is 12.2 Å². The van der Waals surface area contributed by atoms with Gasteiger partial charge in [0.05, 0.1) is 13.7 Å². The van der Waals surface area contributed by atoms with Gasteiger partial charge in [-0.25, -0.2) is 0 Å². The van der Waals surface area contributed by atoms with Gasteiger partial charge in [-0.3, -0.25) is 4.79 Å². The highest BCUT2D eigenvalue weighted by atomic mass is 35.5. The molecule has 0 aliphatic rings. The summed E-state index contributed by atoms with van der Waals surface area (Å²) in [4.78, 5) is 12.2. The van der Waals surface area contributed by atoms with Gasteiger partial charge in [-0.2, -0.15) is 0 Å². The highest BCUT2D eigenvalue weighted by Crippen LogP contribution is 2.29. The first-order valence-electron chi connectivity index (χ1n) is 9.10. The second-order valence-electron chi connectivity index (χ2n) is 6.20. The van der Waals surface area contributed by atoms with Gasteiger partial charge in [-0.05, 0) is 54.8 Å². The Bertz CT molecular complexity index is 802. The Kier molecular flexibility index (Phi) is 8.21. The van der Waals surface area contributed by atoms with E-state index in [1.54, 1.807) is 25.3 Å². The van der Waals surface area contributed by atoms with Gasteiger partial charge in [-0.1, -0.05) is 43.5 Å². The standard InChI is InChI=1S/C22H26ClNO3/c1-4-5-6-14-27-20-12-10-17(15-21(20)26-3)11-13-22(25)24-19-9-7-8-18(23)16(19)2/h7-13,15H,4-6,14H2,1-3H3,(H,24,25). The van der Waals surface area contributed by atoms with E-state index >= 15 is 0 Å². The van der Waals surface area contributed by atoms with Crippen molar-refractivity contribution in [3.05, 3.63) is 58.6 Å². The average Bonchev–Trinajstić information content (AvgIpc) is 2.67. The fourth-order valence-corrected chi connectivity index (χ4v) is 2.71. The highest BCUT2D eigenvalue weighted by molar-refractivity contribution is 6.31. The van der Waals surface area contributed by atoms with Crippen LogP contribution in [-0.4, -0.2) is 19.6 Å². The summed E-state index contributed by atoms with van der Waals surface area (Å²) in [6.07, 6.45) is 6.53. The van der Waals surface area contributed by atoms with E-state index in [1.165, 1.54) is 6.08 Å². The van der Waals surface area contributed by atoms with Crippen LogP contribution in [0.5, 0.6) is 11.5 Å². The summed E-state index contributed by atoms with van der Waals surface area (Å²) in [6, 6.07) is 11.0. The number of amides is 1. The summed E-state index contributed by atoms with van der Waals surface area (Å²) < 4.78 is 11.2. The van der Waals surface area contributed by atoms with E-state index < -0.39 is 0 Å². The second-order valence-corrected chi connectivity index (χ2v) is 6.61. The Morgan fingerprint density at radius 2 is 2.00 bits per heavy atom. The van der Waals surface area contributed by atoms with E-state index in [9.17, 15) is 4.79 Å². The largest absolute Gasteiger partial charge is 0.493 e. The van der Waals surface area contributed by atoms with Crippen molar-refractivity contribution in [1.29, 1.82) is 0 Å². The van der Waals surface area contributed by atoms with Gasteiger partial charge in [0.1, 0.15) is 0 Å². The number of hydrogen-bond acceptors (Lipinski definition) is 3. The minimum absolute atomic E-state index is 0.223. The molecule has 144 valence electrons. The topological polar surface area (TPSA) is 47.6 Å². The van der Waals surface area contributed by atoms with Gasteiger partial charge < -0.3 is 14.8 Å². The van der Waals surface area contributed by atoms with Crippen molar-refractivity contribution in [2.75, 3.05) is 19.0 Å². The van der Waals surface area contributed by atoms with Crippen LogP contribution in [0.4, 0.5) is 5.69 Å². The molecule has 1 amide bonds. The molecule has 1 N–H and O–H groups in total. The number of anilines is 1. The Morgan fingerprint density at radius 1 is 1.19 bits per heavy atom. The predicted molar refractivity (Wildman–Crippen MR) is 112 cm³/mol. The lowest BCUT2D eigenvalue weighted by atomic mass is 10.1. The van der Waals surface area contributed by atoms with Crippen LogP contribution < -0.4 is 14.8 Å². The molecule has 0 aromatic heterocycles. The molecule has 0 atom stereocenters. The number of unbranched alkanes of at least 4 members (excludes halogenated alkanes) is 2. The lowest BCUT2D eigenvalue weighted by molar-refractivity contribution is -0.111. The van der Waals surface area contributed by atoms with Crippen molar-refractivity contribution in [1.82, 2.24) is 0 Å². The zero-order valence-electron chi connectivity index (χ0n) is 16.0. The smallest absolute Gasteiger partial charge is 0.248 e. The third kappa shape index (κ3) is 6.33. The Hall–Kier alpha value is -2.46. The normalized spacial score (nSPS) is 10.8. The first kappa shape index (κ1) is 20.8. The van der Waals surface area contributed by atoms with Gasteiger partial charge in [0.15, 0.2) is 11.5 Å². The molecule has 0 aliphatic heterocycles. The third-order valence-corrected chi connectivity index (χ3v) is 4.56. The van der Waals surface area contributed by atoms with E-state index in [1.807, 2.05) is 31.2 Å². The number of benzene rings is 2. The Labute approximate surface area is 166 Å². The maximum atomic E-state index is 12.2. The number of ether oxygens (including phenoxy) is 2. The zero-order valence-corrected chi connectivity index (χ0v) is 16.8. The van der Waals surface area contributed by atoms with Crippen LogP contribution in [0.25, 0.3) is 6.08 Å². The van der Waals surface area contributed by atoms with Gasteiger partial charge in [-0.15, -0.1) is 0 Å². The molecular weight excluding hydrogens is 362 g/mol. The fourth-order valence-electron chi connectivity index (χ4n) is 2.53. The van der Waals surface area contributed by atoms with Gasteiger partial charge in [0, 0.05) is 16.8 Å². The van der Waals surface area contributed by atoms with Crippen LogP contribution in [-0.2, 0) is 4.79 Å². The molecule has 0 bridgehead atoms. The van der Waals surface area contributed by atoms with E-state index in [-0.39, 0.29) is 5.91 Å². The lowest BCUT2D eigenvalue weighted by Crippen LogP contribution is -2.09. The molecule has 0 saturated carbocycles. The molecule has 0 spiro atoms. The number of hydrogen-bond donors (Lipinski definition) is 1. The first-order valence-corrected chi connectivity index (χ1v) is 9.48. The number of rotatable bonds is 9. The predicted octanol–water partition coefficient (Wildman–Crippen LogP) is 5.88. The molecule has 27 heavy (non-hydrogen) atoms. The van der Waals surface area contributed by atoms with Gasteiger partial charge >= 0.3 is 0 Å². The molecule has 2 rings (SSSR count). The molecule has 0 saturated heterocycles. The van der Waals surface area contributed by atoms with E-state index in [4.69, 9.17) is 21.1 Å². The molecule has 0 aliphatic carbocycles. The van der Waals surface area contributed by atoms with Crippen molar-refractivity contribution < 1.29 is 14.3 Å². The summed E-state index contributed by atoms with van der Waals surface area (Å²) in [5, 5.41) is 3.46. The lowest BCUT2D eigenvalue weighted by Gasteiger charge is -2.11. The number of halogens is 1. The molecule has 0 fully saturated rings. The summed E-state index contributed by atoms with van der Waals surface area (Å²) in [6.45, 7) is 4.69. The Morgan fingerprint density at radius 3 is 2.74 bits per heavy atom. The van der Waals surface area contributed by atoms with Gasteiger partial charge in [0.2, 0.25) is 5.91 Å². The van der Waals surface area contributed by atoms with Crippen LogP contribution >= 0.6 is 11.6 Å². The molecule has 2 aromatic carbocycles. The van der Waals surface area contributed by atoms with Gasteiger partial charge in [0.25, 0.3) is 0 Å². The molecule has 2 aromatic rings. The van der Waals surface area contributed by atoms with Crippen molar-refractivity contribution >= 4 is 29.3 Å². The molecule has 4 nitrogen and oxygen atoms in total. The molecule has 0 radical (unpaired) electrons. The number of carbonyl (C=O) groups is 1.